The van der Waals surface area contributed by atoms with Crippen molar-refractivity contribution in [3.05, 3.63) is 40.2 Å². The van der Waals surface area contributed by atoms with Crippen molar-refractivity contribution in [2.75, 3.05) is 5.32 Å². The molecule has 1 aliphatic rings. The summed E-state index contributed by atoms with van der Waals surface area (Å²) in [7, 11) is 0. The number of aryl methyl sites for hydroxylation is 1. The molecule has 4 rings (SSSR count). The number of anilines is 1. The van der Waals surface area contributed by atoms with Gasteiger partial charge in [0, 0.05) is 22.7 Å². The summed E-state index contributed by atoms with van der Waals surface area (Å²) >= 11 is 1.72. The van der Waals surface area contributed by atoms with Gasteiger partial charge in [-0.25, -0.2) is 9.97 Å². The molecular weight excluding hydrogens is 270 g/mol. The van der Waals surface area contributed by atoms with Crippen LogP contribution in [-0.2, 0) is 6.54 Å². The molecule has 0 saturated heterocycles. The number of oxazole rings is 1. The summed E-state index contributed by atoms with van der Waals surface area (Å²) in [5.41, 5.74) is 2.89. The van der Waals surface area contributed by atoms with Crippen molar-refractivity contribution in [3.8, 4) is 0 Å². The average molecular weight is 285 g/mol. The van der Waals surface area contributed by atoms with Gasteiger partial charge in [0.15, 0.2) is 11.5 Å². The molecule has 5 heteroatoms. The second-order valence-corrected chi connectivity index (χ2v) is 6.53. The van der Waals surface area contributed by atoms with E-state index in [9.17, 15) is 0 Å². The van der Waals surface area contributed by atoms with Gasteiger partial charge in [0.2, 0.25) is 0 Å². The number of hydrogen-bond acceptors (Lipinski definition) is 5. The summed E-state index contributed by atoms with van der Waals surface area (Å²) in [6.45, 7) is 2.82. The smallest absolute Gasteiger partial charge is 0.198 e. The Morgan fingerprint density at radius 3 is 3.05 bits per heavy atom. The number of hydrogen-bond donors (Lipinski definition) is 1. The van der Waals surface area contributed by atoms with E-state index in [2.05, 4.69) is 21.4 Å². The number of fused-ring (bicyclic) bond motifs is 1. The third-order valence-electron chi connectivity index (χ3n) is 3.47. The molecule has 20 heavy (non-hydrogen) atoms. The van der Waals surface area contributed by atoms with E-state index in [1.54, 1.807) is 11.3 Å². The SMILES string of the molecule is Cc1ncc(CNc2ccc3oc(C4CC4)nc3c2)s1. The maximum atomic E-state index is 5.77. The lowest BCUT2D eigenvalue weighted by molar-refractivity contribution is 0.533. The zero-order chi connectivity index (χ0) is 13.5. The zero-order valence-electron chi connectivity index (χ0n) is 11.2. The highest BCUT2D eigenvalue weighted by molar-refractivity contribution is 7.11. The summed E-state index contributed by atoms with van der Waals surface area (Å²) < 4.78 is 5.77. The highest BCUT2D eigenvalue weighted by Gasteiger charge is 2.28. The van der Waals surface area contributed by atoms with Crippen molar-refractivity contribution in [3.63, 3.8) is 0 Å². The van der Waals surface area contributed by atoms with Gasteiger partial charge in [-0.05, 0) is 38.0 Å². The minimum absolute atomic E-state index is 0.555. The van der Waals surface area contributed by atoms with Gasteiger partial charge < -0.3 is 9.73 Å². The maximum Gasteiger partial charge on any atom is 0.198 e. The fourth-order valence-electron chi connectivity index (χ4n) is 2.24. The second kappa shape index (κ2) is 4.59. The van der Waals surface area contributed by atoms with Gasteiger partial charge in [-0.1, -0.05) is 0 Å². The monoisotopic (exact) mass is 285 g/mol. The Morgan fingerprint density at radius 1 is 1.40 bits per heavy atom. The quantitative estimate of drug-likeness (QED) is 0.784. The van der Waals surface area contributed by atoms with Crippen LogP contribution in [0.5, 0.6) is 0 Å². The van der Waals surface area contributed by atoms with E-state index in [-0.39, 0.29) is 0 Å². The Morgan fingerprint density at radius 2 is 2.30 bits per heavy atom. The molecule has 0 bridgehead atoms. The Labute approximate surface area is 120 Å². The van der Waals surface area contributed by atoms with Gasteiger partial charge in [-0.15, -0.1) is 11.3 Å². The van der Waals surface area contributed by atoms with Gasteiger partial charge in [0.25, 0.3) is 0 Å². The largest absolute Gasteiger partial charge is 0.440 e. The lowest BCUT2D eigenvalue weighted by atomic mass is 10.3. The molecule has 1 aromatic carbocycles. The predicted octanol–water partition coefficient (Wildman–Crippen LogP) is 4.08. The molecule has 3 aromatic rings. The van der Waals surface area contributed by atoms with Gasteiger partial charge in [0.05, 0.1) is 11.6 Å². The number of nitrogens with one attached hydrogen (secondary N) is 1. The van der Waals surface area contributed by atoms with Gasteiger partial charge in [0.1, 0.15) is 5.52 Å². The molecule has 0 spiro atoms. The Bertz CT molecular complexity index is 757. The van der Waals surface area contributed by atoms with Crippen molar-refractivity contribution < 1.29 is 4.42 Å². The summed E-state index contributed by atoms with van der Waals surface area (Å²) in [6, 6.07) is 6.09. The van der Waals surface area contributed by atoms with Crippen LogP contribution < -0.4 is 5.32 Å². The zero-order valence-corrected chi connectivity index (χ0v) is 12.0. The molecule has 1 fully saturated rings. The van der Waals surface area contributed by atoms with Gasteiger partial charge in [-0.3, -0.25) is 0 Å². The Hall–Kier alpha value is -1.88. The van der Waals surface area contributed by atoms with Crippen LogP contribution in [-0.4, -0.2) is 9.97 Å². The van der Waals surface area contributed by atoms with Crippen LogP contribution in [0.4, 0.5) is 5.69 Å². The van der Waals surface area contributed by atoms with Crippen molar-refractivity contribution in [2.45, 2.75) is 32.2 Å². The molecule has 1 aliphatic carbocycles. The predicted molar refractivity (Wildman–Crippen MR) is 80.2 cm³/mol. The van der Waals surface area contributed by atoms with Gasteiger partial charge in [-0.2, -0.15) is 0 Å². The summed E-state index contributed by atoms with van der Waals surface area (Å²) in [5.74, 6) is 1.45. The molecule has 0 atom stereocenters. The molecule has 0 radical (unpaired) electrons. The first-order chi connectivity index (χ1) is 9.78. The highest BCUT2D eigenvalue weighted by atomic mass is 32.1. The standard InChI is InChI=1S/C15H15N3OS/c1-9-16-7-12(20-9)8-17-11-4-5-14-13(6-11)18-15(19-14)10-2-3-10/h4-7,10,17H,2-3,8H2,1H3. The molecule has 4 nitrogen and oxygen atoms in total. The van der Waals surface area contributed by atoms with Crippen molar-refractivity contribution >= 4 is 28.1 Å². The number of aromatic nitrogens is 2. The van der Waals surface area contributed by atoms with E-state index in [1.165, 1.54) is 17.7 Å². The van der Waals surface area contributed by atoms with Crippen molar-refractivity contribution in [1.29, 1.82) is 0 Å². The maximum absolute atomic E-state index is 5.77. The van der Waals surface area contributed by atoms with Crippen LogP contribution in [0.25, 0.3) is 11.1 Å². The fourth-order valence-corrected chi connectivity index (χ4v) is 2.97. The summed E-state index contributed by atoms with van der Waals surface area (Å²) in [4.78, 5) is 10.1. The number of benzene rings is 1. The molecular formula is C15H15N3OS. The minimum atomic E-state index is 0.555. The molecule has 102 valence electrons. The molecule has 1 saturated carbocycles. The lowest BCUT2D eigenvalue weighted by Crippen LogP contribution is -1.96. The topological polar surface area (TPSA) is 51.0 Å². The highest BCUT2D eigenvalue weighted by Crippen LogP contribution is 2.40. The summed E-state index contributed by atoms with van der Waals surface area (Å²) in [5, 5.41) is 4.51. The summed E-state index contributed by atoms with van der Waals surface area (Å²) in [6.07, 6.45) is 4.35. The van der Waals surface area contributed by atoms with Crippen LogP contribution >= 0.6 is 11.3 Å². The van der Waals surface area contributed by atoms with E-state index in [0.717, 1.165) is 34.2 Å². The van der Waals surface area contributed by atoms with Gasteiger partial charge >= 0.3 is 0 Å². The first-order valence-corrected chi connectivity index (χ1v) is 7.65. The molecule has 2 heterocycles. The van der Waals surface area contributed by atoms with Crippen LogP contribution in [0.1, 0.15) is 34.5 Å². The Kier molecular flexibility index (Phi) is 2.73. The molecule has 1 N–H and O–H groups in total. The first kappa shape index (κ1) is 11.9. The van der Waals surface area contributed by atoms with E-state index < -0.39 is 0 Å². The van der Waals surface area contributed by atoms with E-state index >= 15 is 0 Å². The first-order valence-electron chi connectivity index (χ1n) is 6.83. The molecule has 0 amide bonds. The minimum Gasteiger partial charge on any atom is -0.440 e. The lowest BCUT2D eigenvalue weighted by Gasteiger charge is -2.03. The molecule has 2 aromatic heterocycles. The number of thiazole rings is 1. The third-order valence-corrected chi connectivity index (χ3v) is 4.38. The fraction of sp³-hybridized carbons (Fsp3) is 0.333. The number of nitrogens with zero attached hydrogens (tertiary/aromatic N) is 2. The number of rotatable bonds is 4. The molecule has 0 unspecified atom stereocenters. The third kappa shape index (κ3) is 2.29. The van der Waals surface area contributed by atoms with E-state index in [0.29, 0.717) is 5.92 Å². The van der Waals surface area contributed by atoms with Crippen LogP contribution in [0.2, 0.25) is 0 Å². The van der Waals surface area contributed by atoms with Crippen molar-refractivity contribution in [1.82, 2.24) is 9.97 Å². The Balaban J connectivity index is 1.54. The van der Waals surface area contributed by atoms with E-state index in [1.807, 2.05) is 25.3 Å². The average Bonchev–Trinajstić information content (AvgIpc) is 3.08. The van der Waals surface area contributed by atoms with Crippen molar-refractivity contribution in [2.24, 2.45) is 0 Å². The van der Waals surface area contributed by atoms with Crippen LogP contribution in [0.3, 0.4) is 0 Å². The van der Waals surface area contributed by atoms with E-state index in [4.69, 9.17) is 4.42 Å². The second-order valence-electron chi connectivity index (χ2n) is 5.21. The van der Waals surface area contributed by atoms with Crippen LogP contribution in [0, 0.1) is 6.92 Å². The normalized spacial score (nSPS) is 14.8. The van der Waals surface area contributed by atoms with Crippen LogP contribution in [0.15, 0.2) is 28.8 Å². The molecule has 0 aliphatic heterocycles.